The van der Waals surface area contributed by atoms with E-state index in [9.17, 15) is 0 Å². The van der Waals surface area contributed by atoms with Crippen molar-refractivity contribution in [1.82, 2.24) is 0 Å². The van der Waals surface area contributed by atoms with Crippen LogP contribution in [0.2, 0.25) is 0 Å². The van der Waals surface area contributed by atoms with E-state index in [4.69, 9.17) is 19.5 Å². The maximum Gasteiger partial charge on any atom is 0.492 e. The summed E-state index contributed by atoms with van der Waals surface area (Å²) < 4.78 is 10.5. The molecule has 15 heavy (non-hydrogen) atoms. The van der Waals surface area contributed by atoms with Crippen molar-refractivity contribution in [2.45, 2.75) is 6.92 Å². The van der Waals surface area contributed by atoms with Crippen LogP contribution in [0.15, 0.2) is 24.3 Å². The molecule has 0 aliphatic heterocycles. The molecule has 0 saturated carbocycles. The minimum Gasteiger partial charge on any atom is -0.492 e. The molecule has 5 heteroatoms. The first kappa shape index (κ1) is 12.0. The van der Waals surface area contributed by atoms with Crippen LogP contribution in [0.4, 0.5) is 0 Å². The quantitative estimate of drug-likeness (QED) is 0.503. The summed E-state index contributed by atoms with van der Waals surface area (Å²) in [6, 6.07) is 6.81. The number of ether oxygens (including phenoxy) is 2. The summed E-state index contributed by atoms with van der Waals surface area (Å²) in [5, 5.41) is 18.1. The van der Waals surface area contributed by atoms with Crippen molar-refractivity contribution in [2.75, 3.05) is 19.8 Å². The van der Waals surface area contributed by atoms with E-state index in [0.29, 0.717) is 31.0 Å². The number of para-hydroxylation sites is 1. The molecule has 0 spiro atoms. The van der Waals surface area contributed by atoms with Gasteiger partial charge in [0.05, 0.1) is 6.61 Å². The largest absolute Gasteiger partial charge is 0.492 e. The number of benzene rings is 1. The fourth-order valence-corrected chi connectivity index (χ4v) is 1.18. The number of hydrogen-bond acceptors (Lipinski definition) is 4. The standard InChI is InChI=1S/C10H15BO4/c1-2-14-7-8-15-10-6-4-3-5-9(10)11(12)13/h3-6,12-13H,2,7-8H2,1H3. The second-order valence-corrected chi connectivity index (χ2v) is 2.96. The second-order valence-electron chi connectivity index (χ2n) is 2.96. The zero-order valence-electron chi connectivity index (χ0n) is 8.72. The highest BCUT2D eigenvalue weighted by Gasteiger charge is 2.15. The van der Waals surface area contributed by atoms with Gasteiger partial charge < -0.3 is 19.5 Å². The van der Waals surface area contributed by atoms with Crippen LogP contribution in [0.1, 0.15) is 6.92 Å². The normalized spacial score (nSPS) is 10.1. The van der Waals surface area contributed by atoms with Gasteiger partial charge in [-0.15, -0.1) is 0 Å². The number of hydrogen-bond donors (Lipinski definition) is 2. The maximum absolute atomic E-state index is 9.05. The molecule has 82 valence electrons. The summed E-state index contributed by atoms with van der Waals surface area (Å²) in [6.45, 7) is 3.45. The highest BCUT2D eigenvalue weighted by molar-refractivity contribution is 6.59. The summed E-state index contributed by atoms with van der Waals surface area (Å²) in [7, 11) is -1.51. The Morgan fingerprint density at radius 3 is 2.60 bits per heavy atom. The zero-order chi connectivity index (χ0) is 11.1. The van der Waals surface area contributed by atoms with E-state index in [1.807, 2.05) is 6.92 Å². The van der Waals surface area contributed by atoms with E-state index in [0.717, 1.165) is 0 Å². The lowest BCUT2D eigenvalue weighted by atomic mass is 9.79. The zero-order valence-corrected chi connectivity index (χ0v) is 8.72. The first-order chi connectivity index (χ1) is 7.25. The van der Waals surface area contributed by atoms with Gasteiger partial charge in [0, 0.05) is 12.1 Å². The summed E-state index contributed by atoms with van der Waals surface area (Å²) in [6.07, 6.45) is 0. The smallest absolute Gasteiger partial charge is 0.492 e. The van der Waals surface area contributed by atoms with Crippen molar-refractivity contribution >= 4 is 12.6 Å². The first-order valence-corrected chi connectivity index (χ1v) is 4.91. The van der Waals surface area contributed by atoms with Gasteiger partial charge in [-0.05, 0) is 13.0 Å². The van der Waals surface area contributed by atoms with E-state index in [2.05, 4.69) is 0 Å². The fraction of sp³-hybridized carbons (Fsp3) is 0.400. The molecule has 0 unspecified atom stereocenters. The average Bonchev–Trinajstić information content (AvgIpc) is 2.25. The van der Waals surface area contributed by atoms with Crippen LogP contribution in [0.25, 0.3) is 0 Å². The molecular weight excluding hydrogens is 195 g/mol. The van der Waals surface area contributed by atoms with Crippen LogP contribution in [-0.4, -0.2) is 37.0 Å². The van der Waals surface area contributed by atoms with Crippen molar-refractivity contribution in [2.24, 2.45) is 0 Å². The van der Waals surface area contributed by atoms with Gasteiger partial charge >= 0.3 is 7.12 Å². The topological polar surface area (TPSA) is 58.9 Å². The highest BCUT2D eigenvalue weighted by Crippen LogP contribution is 2.06. The molecule has 2 N–H and O–H groups in total. The van der Waals surface area contributed by atoms with Crippen molar-refractivity contribution in [3.05, 3.63) is 24.3 Å². The lowest BCUT2D eigenvalue weighted by Gasteiger charge is -2.10. The van der Waals surface area contributed by atoms with Gasteiger partial charge in [-0.1, -0.05) is 18.2 Å². The maximum atomic E-state index is 9.05. The molecule has 0 bridgehead atoms. The molecule has 1 aromatic rings. The van der Waals surface area contributed by atoms with Gasteiger partial charge in [0.25, 0.3) is 0 Å². The Balaban J connectivity index is 2.52. The van der Waals surface area contributed by atoms with Crippen LogP contribution >= 0.6 is 0 Å². The Bertz CT molecular complexity index is 291. The van der Waals surface area contributed by atoms with Crippen molar-refractivity contribution < 1.29 is 19.5 Å². The third-order valence-corrected chi connectivity index (χ3v) is 1.89. The second kappa shape index (κ2) is 6.45. The van der Waals surface area contributed by atoms with E-state index >= 15 is 0 Å². The Morgan fingerprint density at radius 2 is 1.93 bits per heavy atom. The summed E-state index contributed by atoms with van der Waals surface area (Å²) in [5.74, 6) is 0.479. The monoisotopic (exact) mass is 210 g/mol. The lowest BCUT2D eigenvalue weighted by Crippen LogP contribution is -2.31. The molecule has 1 rings (SSSR count). The molecule has 0 aromatic heterocycles. The first-order valence-electron chi connectivity index (χ1n) is 4.91. The highest BCUT2D eigenvalue weighted by atomic mass is 16.5. The Morgan fingerprint density at radius 1 is 1.20 bits per heavy atom. The predicted molar refractivity (Wildman–Crippen MR) is 58.3 cm³/mol. The van der Waals surface area contributed by atoms with Crippen LogP contribution in [-0.2, 0) is 4.74 Å². The lowest BCUT2D eigenvalue weighted by molar-refractivity contribution is 0.110. The minimum atomic E-state index is -1.51. The van der Waals surface area contributed by atoms with Crippen LogP contribution in [0, 0.1) is 0 Å². The Labute approximate surface area is 89.6 Å². The van der Waals surface area contributed by atoms with Crippen molar-refractivity contribution in [3.8, 4) is 5.75 Å². The van der Waals surface area contributed by atoms with Crippen LogP contribution in [0.5, 0.6) is 5.75 Å². The molecule has 1 aromatic carbocycles. The van der Waals surface area contributed by atoms with Gasteiger partial charge in [0.2, 0.25) is 0 Å². The molecule has 0 aliphatic rings. The summed E-state index contributed by atoms with van der Waals surface area (Å²) in [4.78, 5) is 0. The summed E-state index contributed by atoms with van der Waals surface area (Å²) in [5.41, 5.74) is 0.369. The Kier molecular flexibility index (Phi) is 5.17. The Hall–Kier alpha value is -1.04. The molecule has 0 atom stereocenters. The average molecular weight is 210 g/mol. The fourth-order valence-electron chi connectivity index (χ4n) is 1.18. The molecule has 0 aliphatic carbocycles. The van der Waals surface area contributed by atoms with E-state index in [-0.39, 0.29) is 0 Å². The molecule has 0 heterocycles. The minimum absolute atomic E-state index is 0.369. The predicted octanol–water partition coefficient (Wildman–Crippen LogP) is -0.218. The van der Waals surface area contributed by atoms with E-state index < -0.39 is 7.12 Å². The van der Waals surface area contributed by atoms with Gasteiger partial charge in [0.15, 0.2) is 0 Å². The van der Waals surface area contributed by atoms with Gasteiger partial charge in [-0.25, -0.2) is 0 Å². The van der Waals surface area contributed by atoms with Gasteiger partial charge in [-0.2, -0.15) is 0 Å². The SMILES string of the molecule is CCOCCOc1ccccc1B(O)O. The summed E-state index contributed by atoms with van der Waals surface area (Å²) >= 11 is 0. The van der Waals surface area contributed by atoms with Gasteiger partial charge in [0.1, 0.15) is 12.4 Å². The molecule has 0 saturated heterocycles. The van der Waals surface area contributed by atoms with Crippen molar-refractivity contribution in [1.29, 1.82) is 0 Å². The molecule has 0 amide bonds. The third-order valence-electron chi connectivity index (χ3n) is 1.89. The van der Waals surface area contributed by atoms with E-state index in [1.54, 1.807) is 24.3 Å². The van der Waals surface area contributed by atoms with Crippen LogP contribution < -0.4 is 10.2 Å². The number of rotatable bonds is 6. The van der Waals surface area contributed by atoms with Gasteiger partial charge in [-0.3, -0.25) is 0 Å². The van der Waals surface area contributed by atoms with Crippen molar-refractivity contribution in [3.63, 3.8) is 0 Å². The third kappa shape index (κ3) is 3.91. The van der Waals surface area contributed by atoms with Crippen LogP contribution in [0.3, 0.4) is 0 Å². The molecule has 0 radical (unpaired) electrons. The molecular formula is C10H15BO4. The molecule has 0 fully saturated rings. The molecule has 4 nitrogen and oxygen atoms in total. The van der Waals surface area contributed by atoms with E-state index in [1.165, 1.54) is 0 Å².